The number of halogens is 1. The van der Waals surface area contributed by atoms with Crippen LogP contribution in [0.15, 0.2) is 28.9 Å². The summed E-state index contributed by atoms with van der Waals surface area (Å²) in [6.45, 7) is 7.02. The number of benzene rings is 1. The van der Waals surface area contributed by atoms with E-state index < -0.39 is 0 Å². The zero-order valence-electron chi connectivity index (χ0n) is 12.5. The summed E-state index contributed by atoms with van der Waals surface area (Å²) in [7, 11) is 1.67. The van der Waals surface area contributed by atoms with E-state index in [0.29, 0.717) is 0 Å². The number of hydrogen-bond acceptors (Lipinski definition) is 5. The quantitative estimate of drug-likeness (QED) is 0.785. The Morgan fingerprint density at radius 2 is 2.10 bits per heavy atom. The minimum absolute atomic E-state index is 0.755. The van der Waals surface area contributed by atoms with Crippen LogP contribution in [0.4, 0.5) is 10.8 Å². The van der Waals surface area contributed by atoms with Crippen LogP contribution in [0.3, 0.4) is 0 Å². The van der Waals surface area contributed by atoms with Crippen LogP contribution >= 0.6 is 27.3 Å². The first kappa shape index (κ1) is 16.1. The Morgan fingerprint density at radius 3 is 2.76 bits per heavy atom. The summed E-state index contributed by atoms with van der Waals surface area (Å²) >= 11 is 5.28. The van der Waals surface area contributed by atoms with Crippen molar-refractivity contribution in [2.45, 2.75) is 20.4 Å². The van der Waals surface area contributed by atoms with Crippen molar-refractivity contribution in [2.75, 3.05) is 30.4 Å². The summed E-state index contributed by atoms with van der Waals surface area (Å²) in [6.07, 6.45) is 1.94. The lowest BCUT2D eigenvalue weighted by Gasteiger charge is -2.16. The molecular formula is C15H20BrN3OS. The minimum Gasteiger partial charge on any atom is -0.497 e. The first-order chi connectivity index (χ1) is 10.2. The van der Waals surface area contributed by atoms with E-state index in [4.69, 9.17) is 4.74 Å². The predicted octanol–water partition coefficient (Wildman–Crippen LogP) is 4.37. The Balaban J connectivity index is 2.03. The molecule has 0 saturated carbocycles. The normalized spacial score (nSPS) is 10.5. The van der Waals surface area contributed by atoms with Gasteiger partial charge < -0.3 is 15.0 Å². The topological polar surface area (TPSA) is 37.4 Å². The molecule has 0 unspecified atom stereocenters. The smallest absolute Gasteiger partial charge is 0.185 e. The molecule has 0 atom stereocenters. The highest BCUT2D eigenvalue weighted by Crippen LogP contribution is 2.29. The number of aromatic nitrogens is 1. The fourth-order valence-corrected chi connectivity index (χ4v) is 3.33. The third-order valence-electron chi connectivity index (χ3n) is 3.20. The van der Waals surface area contributed by atoms with Crippen molar-refractivity contribution in [3.05, 3.63) is 33.7 Å². The van der Waals surface area contributed by atoms with Crippen LogP contribution in [0.5, 0.6) is 5.75 Å². The largest absolute Gasteiger partial charge is 0.497 e. The van der Waals surface area contributed by atoms with Crippen LogP contribution < -0.4 is 15.0 Å². The van der Waals surface area contributed by atoms with Gasteiger partial charge >= 0.3 is 0 Å². The van der Waals surface area contributed by atoms with Gasteiger partial charge in [-0.1, -0.05) is 0 Å². The van der Waals surface area contributed by atoms with E-state index in [1.54, 1.807) is 18.4 Å². The zero-order chi connectivity index (χ0) is 15.2. The lowest BCUT2D eigenvalue weighted by Crippen LogP contribution is -2.21. The molecule has 2 aromatic rings. The molecule has 6 heteroatoms. The van der Waals surface area contributed by atoms with E-state index in [0.717, 1.165) is 40.7 Å². The van der Waals surface area contributed by atoms with Gasteiger partial charge in [0.15, 0.2) is 5.13 Å². The number of thiazole rings is 1. The molecule has 0 aliphatic carbocycles. The summed E-state index contributed by atoms with van der Waals surface area (Å²) < 4.78 is 6.27. The maximum atomic E-state index is 5.25. The molecule has 0 spiro atoms. The number of hydrogen-bond donors (Lipinski definition) is 1. The molecule has 4 nitrogen and oxygen atoms in total. The predicted molar refractivity (Wildman–Crippen MR) is 93.7 cm³/mol. The standard InChI is InChI=1S/C15H20BrN3OS/c1-4-19(5-2)15-18-10-12(21-15)9-17-14-8-11(20-3)6-7-13(14)16/h6-8,10,17H,4-5,9H2,1-3H3. The number of anilines is 2. The average Bonchev–Trinajstić information content (AvgIpc) is 2.96. The molecular weight excluding hydrogens is 350 g/mol. The van der Waals surface area contributed by atoms with Gasteiger partial charge in [0.25, 0.3) is 0 Å². The molecule has 1 heterocycles. The van der Waals surface area contributed by atoms with Crippen LogP contribution in [0.1, 0.15) is 18.7 Å². The zero-order valence-corrected chi connectivity index (χ0v) is 14.9. The molecule has 21 heavy (non-hydrogen) atoms. The molecule has 0 amide bonds. The van der Waals surface area contributed by atoms with Crippen molar-refractivity contribution >= 4 is 38.1 Å². The van der Waals surface area contributed by atoms with Gasteiger partial charge in [-0.25, -0.2) is 4.98 Å². The van der Waals surface area contributed by atoms with Gasteiger partial charge in [-0.15, -0.1) is 11.3 Å². The second-order valence-corrected chi connectivity index (χ2v) is 6.43. The Morgan fingerprint density at radius 1 is 1.33 bits per heavy atom. The van der Waals surface area contributed by atoms with Gasteiger partial charge in [-0.05, 0) is 41.9 Å². The van der Waals surface area contributed by atoms with E-state index in [1.807, 2.05) is 24.4 Å². The summed E-state index contributed by atoms with van der Waals surface area (Å²) in [5, 5.41) is 4.50. The molecule has 0 saturated heterocycles. The first-order valence-corrected chi connectivity index (χ1v) is 8.55. The Hall–Kier alpha value is -1.27. The van der Waals surface area contributed by atoms with Crippen molar-refractivity contribution < 1.29 is 4.74 Å². The van der Waals surface area contributed by atoms with Gasteiger partial charge in [-0.2, -0.15) is 0 Å². The number of methoxy groups -OCH3 is 1. The van der Waals surface area contributed by atoms with Gasteiger partial charge in [0.05, 0.1) is 19.3 Å². The van der Waals surface area contributed by atoms with Gasteiger partial charge in [0.2, 0.25) is 0 Å². The van der Waals surface area contributed by atoms with Crippen LogP contribution in [0.2, 0.25) is 0 Å². The number of nitrogens with zero attached hydrogens (tertiary/aromatic N) is 2. The van der Waals surface area contributed by atoms with Gasteiger partial charge in [0.1, 0.15) is 5.75 Å². The van der Waals surface area contributed by atoms with E-state index in [9.17, 15) is 0 Å². The molecule has 0 aliphatic heterocycles. The highest BCUT2D eigenvalue weighted by atomic mass is 79.9. The fourth-order valence-electron chi connectivity index (χ4n) is 1.97. The molecule has 114 valence electrons. The van der Waals surface area contributed by atoms with Crippen LogP contribution in [-0.4, -0.2) is 25.2 Å². The molecule has 0 fully saturated rings. The van der Waals surface area contributed by atoms with E-state index in [-0.39, 0.29) is 0 Å². The third-order valence-corrected chi connectivity index (χ3v) is 4.95. The fraction of sp³-hybridized carbons (Fsp3) is 0.400. The van der Waals surface area contributed by atoms with Gasteiger partial charge in [0, 0.05) is 34.7 Å². The molecule has 1 N–H and O–H groups in total. The second kappa shape index (κ2) is 7.66. The first-order valence-electron chi connectivity index (χ1n) is 6.95. The maximum Gasteiger partial charge on any atom is 0.185 e. The molecule has 0 bridgehead atoms. The van der Waals surface area contributed by atoms with Crippen molar-refractivity contribution in [2.24, 2.45) is 0 Å². The Bertz CT molecular complexity index is 584. The maximum absolute atomic E-state index is 5.25. The lowest BCUT2D eigenvalue weighted by atomic mass is 10.3. The third kappa shape index (κ3) is 4.11. The monoisotopic (exact) mass is 369 g/mol. The van der Waals surface area contributed by atoms with Crippen molar-refractivity contribution in [3.8, 4) is 5.75 Å². The Labute approximate surface area is 138 Å². The molecule has 1 aromatic heterocycles. The average molecular weight is 370 g/mol. The molecule has 1 aromatic carbocycles. The summed E-state index contributed by atoms with van der Waals surface area (Å²) in [5.74, 6) is 0.842. The van der Waals surface area contributed by atoms with Gasteiger partial charge in [-0.3, -0.25) is 0 Å². The summed E-state index contributed by atoms with van der Waals surface area (Å²) in [4.78, 5) is 7.97. The highest BCUT2D eigenvalue weighted by Gasteiger charge is 2.08. The minimum atomic E-state index is 0.755. The highest BCUT2D eigenvalue weighted by molar-refractivity contribution is 9.10. The molecule has 0 aliphatic rings. The number of rotatable bonds is 7. The second-order valence-electron chi connectivity index (χ2n) is 4.48. The van der Waals surface area contributed by atoms with Crippen molar-refractivity contribution in [3.63, 3.8) is 0 Å². The summed E-state index contributed by atoms with van der Waals surface area (Å²) in [5.41, 5.74) is 1.02. The number of ether oxygens (including phenoxy) is 1. The van der Waals surface area contributed by atoms with Crippen molar-refractivity contribution in [1.29, 1.82) is 0 Å². The lowest BCUT2D eigenvalue weighted by molar-refractivity contribution is 0.415. The SMILES string of the molecule is CCN(CC)c1ncc(CNc2cc(OC)ccc2Br)s1. The van der Waals surface area contributed by atoms with Crippen LogP contribution in [0, 0.1) is 0 Å². The number of nitrogens with one attached hydrogen (secondary N) is 1. The van der Waals surface area contributed by atoms with Crippen LogP contribution in [-0.2, 0) is 6.54 Å². The van der Waals surface area contributed by atoms with E-state index >= 15 is 0 Å². The molecule has 2 rings (SSSR count). The van der Waals surface area contributed by atoms with E-state index in [1.165, 1.54) is 4.88 Å². The molecule has 0 radical (unpaired) electrons. The van der Waals surface area contributed by atoms with E-state index in [2.05, 4.69) is 45.0 Å². The van der Waals surface area contributed by atoms with Crippen molar-refractivity contribution in [1.82, 2.24) is 4.98 Å². The summed E-state index contributed by atoms with van der Waals surface area (Å²) in [6, 6.07) is 5.89. The Kier molecular flexibility index (Phi) is 5.87. The van der Waals surface area contributed by atoms with Crippen LogP contribution in [0.25, 0.3) is 0 Å².